The number of carboxylic acid groups (broad SMARTS) is 1. The summed E-state index contributed by atoms with van der Waals surface area (Å²) < 4.78 is 1.85. The van der Waals surface area contributed by atoms with Crippen molar-refractivity contribution in [1.82, 2.24) is 4.57 Å². The number of hydrogen-bond acceptors (Lipinski definition) is 2. The van der Waals surface area contributed by atoms with Crippen molar-refractivity contribution in [3.63, 3.8) is 0 Å². The van der Waals surface area contributed by atoms with Crippen LogP contribution in [0.3, 0.4) is 0 Å². The fourth-order valence-corrected chi connectivity index (χ4v) is 3.30. The number of carbonyl (C=O) groups excluding carboxylic acids is 1. The van der Waals surface area contributed by atoms with Crippen molar-refractivity contribution in [2.45, 2.75) is 25.8 Å². The van der Waals surface area contributed by atoms with Crippen molar-refractivity contribution >= 4 is 33.7 Å². The Kier molecular flexibility index (Phi) is 3.26. The van der Waals surface area contributed by atoms with Crippen molar-refractivity contribution in [2.75, 3.05) is 0 Å². The van der Waals surface area contributed by atoms with E-state index in [4.69, 9.17) is 16.7 Å². The highest BCUT2D eigenvalue weighted by atomic mass is 35.5. The molecular weight excluding hydrogens is 278 g/mol. The van der Waals surface area contributed by atoms with Gasteiger partial charge in [0, 0.05) is 22.5 Å². The molecule has 1 N–H and O–H groups in total. The van der Waals surface area contributed by atoms with Crippen LogP contribution in [0.1, 0.15) is 17.7 Å². The zero-order valence-corrected chi connectivity index (χ0v) is 11.6. The number of fused-ring (bicyclic) bond motifs is 3. The molecule has 1 aromatic heterocycles. The molecule has 1 aliphatic rings. The second-order valence-electron chi connectivity index (χ2n) is 5.17. The van der Waals surface area contributed by atoms with E-state index in [2.05, 4.69) is 0 Å². The second-order valence-corrected chi connectivity index (χ2v) is 5.54. The van der Waals surface area contributed by atoms with Crippen LogP contribution in [0, 0.1) is 5.92 Å². The standard InChI is InChI=1S/C15H14ClNO3/c16-15(20)9-5-6-13-11(7-9)10-3-1-2-4-12(10)17(13)8-14(18)19/h1-4,9H,5-8H2,(H,18,19). The number of rotatable bonds is 3. The zero-order valence-electron chi connectivity index (χ0n) is 10.8. The van der Waals surface area contributed by atoms with E-state index in [-0.39, 0.29) is 17.7 Å². The zero-order chi connectivity index (χ0) is 14.3. The second kappa shape index (κ2) is 4.94. The quantitative estimate of drug-likeness (QED) is 0.884. The lowest BCUT2D eigenvalue weighted by Crippen LogP contribution is -2.21. The number of benzene rings is 1. The molecule has 0 saturated heterocycles. The van der Waals surface area contributed by atoms with E-state index in [1.807, 2.05) is 28.8 Å². The maximum Gasteiger partial charge on any atom is 0.323 e. The van der Waals surface area contributed by atoms with Gasteiger partial charge in [-0.15, -0.1) is 0 Å². The average Bonchev–Trinajstić information content (AvgIpc) is 2.73. The Morgan fingerprint density at radius 2 is 2.10 bits per heavy atom. The number of carboxylic acids is 1. The lowest BCUT2D eigenvalue weighted by atomic mass is 9.87. The van der Waals surface area contributed by atoms with Crippen LogP contribution < -0.4 is 0 Å². The molecule has 104 valence electrons. The average molecular weight is 292 g/mol. The summed E-state index contributed by atoms with van der Waals surface area (Å²) in [7, 11) is 0. The van der Waals surface area contributed by atoms with Crippen LogP contribution in [-0.4, -0.2) is 20.9 Å². The monoisotopic (exact) mass is 291 g/mol. The minimum atomic E-state index is -0.857. The summed E-state index contributed by atoms with van der Waals surface area (Å²) >= 11 is 5.63. The van der Waals surface area contributed by atoms with Gasteiger partial charge < -0.3 is 9.67 Å². The van der Waals surface area contributed by atoms with Gasteiger partial charge in [0.15, 0.2) is 0 Å². The maximum absolute atomic E-state index is 11.4. The van der Waals surface area contributed by atoms with Gasteiger partial charge in [-0.25, -0.2) is 0 Å². The molecule has 0 fully saturated rings. The molecule has 0 saturated carbocycles. The van der Waals surface area contributed by atoms with Crippen LogP contribution in [0.2, 0.25) is 0 Å². The van der Waals surface area contributed by atoms with Gasteiger partial charge >= 0.3 is 5.97 Å². The van der Waals surface area contributed by atoms with E-state index in [0.29, 0.717) is 19.3 Å². The molecule has 1 aromatic carbocycles. The van der Waals surface area contributed by atoms with Gasteiger partial charge in [-0.3, -0.25) is 9.59 Å². The molecule has 0 amide bonds. The summed E-state index contributed by atoms with van der Waals surface area (Å²) in [6.07, 6.45) is 1.98. The summed E-state index contributed by atoms with van der Waals surface area (Å²) in [5.74, 6) is -1.02. The van der Waals surface area contributed by atoms with Crippen molar-refractivity contribution in [1.29, 1.82) is 0 Å². The van der Waals surface area contributed by atoms with Crippen molar-refractivity contribution in [2.24, 2.45) is 5.92 Å². The van der Waals surface area contributed by atoms with Gasteiger partial charge in [0.05, 0.1) is 0 Å². The molecule has 1 heterocycles. The van der Waals surface area contributed by atoms with Crippen LogP contribution in [0.15, 0.2) is 24.3 Å². The third kappa shape index (κ3) is 2.10. The van der Waals surface area contributed by atoms with Crippen molar-refractivity contribution in [3.8, 4) is 0 Å². The predicted octanol–water partition coefficient (Wildman–Crippen LogP) is 2.60. The largest absolute Gasteiger partial charge is 0.480 e. The third-order valence-electron chi connectivity index (χ3n) is 3.99. The van der Waals surface area contributed by atoms with Gasteiger partial charge in [-0.1, -0.05) is 18.2 Å². The van der Waals surface area contributed by atoms with Gasteiger partial charge in [0.2, 0.25) is 5.24 Å². The van der Waals surface area contributed by atoms with Gasteiger partial charge in [0.25, 0.3) is 0 Å². The molecule has 5 heteroatoms. The summed E-state index contributed by atoms with van der Waals surface area (Å²) in [4.78, 5) is 22.5. The lowest BCUT2D eigenvalue weighted by Gasteiger charge is -2.20. The molecule has 4 nitrogen and oxygen atoms in total. The van der Waals surface area contributed by atoms with E-state index < -0.39 is 5.97 Å². The third-order valence-corrected chi connectivity index (χ3v) is 4.30. The number of para-hydroxylation sites is 1. The minimum Gasteiger partial charge on any atom is -0.480 e. The highest BCUT2D eigenvalue weighted by Crippen LogP contribution is 2.35. The van der Waals surface area contributed by atoms with E-state index in [1.165, 1.54) is 0 Å². The molecular formula is C15H14ClNO3. The SMILES string of the molecule is O=C(O)Cn1c2c(c3ccccc31)CC(C(=O)Cl)CC2. The summed E-state index contributed by atoms with van der Waals surface area (Å²) in [6.45, 7) is -0.0463. The van der Waals surface area contributed by atoms with Gasteiger partial charge in [-0.05, 0) is 42.5 Å². The van der Waals surface area contributed by atoms with Crippen LogP contribution in [0.25, 0.3) is 10.9 Å². The molecule has 20 heavy (non-hydrogen) atoms. The highest BCUT2D eigenvalue weighted by molar-refractivity contribution is 6.64. The summed E-state index contributed by atoms with van der Waals surface area (Å²) in [5, 5.41) is 9.82. The summed E-state index contributed by atoms with van der Waals surface area (Å²) in [6, 6.07) is 7.73. The summed E-state index contributed by atoms with van der Waals surface area (Å²) in [5.41, 5.74) is 3.03. The normalized spacial score (nSPS) is 17.9. The lowest BCUT2D eigenvalue weighted by molar-refractivity contribution is -0.137. The number of hydrogen-bond donors (Lipinski definition) is 1. The number of aliphatic carboxylic acids is 1. The molecule has 0 radical (unpaired) electrons. The Bertz CT molecular complexity index is 704. The Hall–Kier alpha value is -1.81. The first-order valence-corrected chi connectivity index (χ1v) is 6.96. The topological polar surface area (TPSA) is 59.3 Å². The van der Waals surface area contributed by atoms with E-state index in [0.717, 1.165) is 22.2 Å². The first-order chi connectivity index (χ1) is 9.58. The molecule has 3 rings (SSSR count). The first kappa shape index (κ1) is 13.2. The number of aromatic nitrogens is 1. The van der Waals surface area contributed by atoms with Crippen LogP contribution >= 0.6 is 11.6 Å². The van der Waals surface area contributed by atoms with Gasteiger partial charge in [-0.2, -0.15) is 0 Å². The van der Waals surface area contributed by atoms with E-state index >= 15 is 0 Å². The van der Waals surface area contributed by atoms with E-state index in [1.54, 1.807) is 0 Å². The smallest absolute Gasteiger partial charge is 0.323 e. The number of halogens is 1. The molecule has 2 aromatic rings. The molecule has 1 unspecified atom stereocenters. The van der Waals surface area contributed by atoms with Crippen molar-refractivity contribution < 1.29 is 14.7 Å². The molecule has 1 aliphatic carbocycles. The maximum atomic E-state index is 11.4. The first-order valence-electron chi connectivity index (χ1n) is 6.58. The van der Waals surface area contributed by atoms with Gasteiger partial charge in [0.1, 0.15) is 6.54 Å². The Morgan fingerprint density at radius 3 is 2.80 bits per heavy atom. The van der Waals surface area contributed by atoms with E-state index in [9.17, 15) is 9.59 Å². The number of carbonyl (C=O) groups is 2. The molecule has 1 atom stereocenters. The fourth-order valence-electron chi connectivity index (χ4n) is 3.11. The molecule has 0 spiro atoms. The molecule has 0 bridgehead atoms. The predicted molar refractivity (Wildman–Crippen MR) is 75.9 cm³/mol. The highest BCUT2D eigenvalue weighted by Gasteiger charge is 2.28. The minimum absolute atomic E-state index is 0.0463. The molecule has 0 aliphatic heterocycles. The van der Waals surface area contributed by atoms with Crippen molar-refractivity contribution in [3.05, 3.63) is 35.5 Å². The van der Waals surface area contributed by atoms with Crippen LogP contribution in [0.4, 0.5) is 0 Å². The Balaban J connectivity index is 2.17. The number of nitrogens with zero attached hydrogens (tertiary/aromatic N) is 1. The Morgan fingerprint density at radius 1 is 1.35 bits per heavy atom. The van der Waals surface area contributed by atoms with Crippen LogP contribution in [-0.2, 0) is 29.0 Å². The fraction of sp³-hybridized carbons (Fsp3) is 0.333. The van der Waals surface area contributed by atoms with Crippen LogP contribution in [0.5, 0.6) is 0 Å². The Labute approximate surface area is 121 Å².